The molecule has 0 aliphatic rings. The van der Waals surface area contributed by atoms with Crippen LogP contribution in [0.2, 0.25) is 5.02 Å². The molecule has 15 heavy (non-hydrogen) atoms. The highest BCUT2D eigenvalue weighted by atomic mass is 35.5. The molecule has 0 saturated heterocycles. The Bertz CT molecular complexity index is 445. The van der Waals surface area contributed by atoms with Crippen LogP contribution >= 0.6 is 11.6 Å². The molecular formula is C9H12ClNO3S. The molecule has 0 radical (unpaired) electrons. The summed E-state index contributed by atoms with van der Waals surface area (Å²) in [6.45, 7) is 0.370. The molecule has 1 aromatic carbocycles. The van der Waals surface area contributed by atoms with E-state index in [-0.39, 0.29) is 9.92 Å². The summed E-state index contributed by atoms with van der Waals surface area (Å²) in [6.07, 6.45) is 1.72. The van der Waals surface area contributed by atoms with Gasteiger partial charge in [-0.1, -0.05) is 17.7 Å². The maximum atomic E-state index is 11.2. The Morgan fingerprint density at radius 3 is 2.60 bits per heavy atom. The first-order valence-corrected chi connectivity index (χ1v) is 6.52. The van der Waals surface area contributed by atoms with Gasteiger partial charge in [0, 0.05) is 6.26 Å². The van der Waals surface area contributed by atoms with Crippen molar-refractivity contribution < 1.29 is 13.3 Å². The summed E-state index contributed by atoms with van der Waals surface area (Å²) in [5.41, 5.74) is 0.887. The molecular weight excluding hydrogens is 238 g/mol. The van der Waals surface area contributed by atoms with Crippen molar-refractivity contribution in [1.29, 1.82) is 0 Å². The SMILES string of the molecule is CS(=O)(=O)c1ccc(CCON)cc1Cl. The van der Waals surface area contributed by atoms with Crippen molar-refractivity contribution in [3.63, 3.8) is 0 Å². The van der Waals surface area contributed by atoms with Crippen molar-refractivity contribution in [2.75, 3.05) is 12.9 Å². The van der Waals surface area contributed by atoms with Crippen LogP contribution in [0.4, 0.5) is 0 Å². The van der Waals surface area contributed by atoms with E-state index in [1.165, 1.54) is 6.07 Å². The van der Waals surface area contributed by atoms with Gasteiger partial charge in [-0.2, -0.15) is 0 Å². The molecule has 0 fully saturated rings. The molecule has 1 rings (SSSR count). The zero-order valence-electron chi connectivity index (χ0n) is 8.23. The van der Waals surface area contributed by atoms with E-state index in [1.807, 2.05) is 0 Å². The maximum Gasteiger partial charge on any atom is 0.176 e. The second-order valence-electron chi connectivity index (χ2n) is 3.16. The Balaban J connectivity index is 2.99. The van der Waals surface area contributed by atoms with Gasteiger partial charge in [0.1, 0.15) is 0 Å². The first kappa shape index (κ1) is 12.4. The molecule has 0 aromatic heterocycles. The maximum absolute atomic E-state index is 11.2. The molecule has 0 spiro atoms. The number of hydrogen-bond acceptors (Lipinski definition) is 4. The summed E-state index contributed by atoms with van der Waals surface area (Å²) >= 11 is 5.84. The first-order valence-electron chi connectivity index (χ1n) is 4.25. The number of halogens is 1. The molecule has 4 nitrogen and oxygen atoms in total. The number of benzene rings is 1. The average Bonchev–Trinajstić information content (AvgIpc) is 2.12. The third kappa shape index (κ3) is 3.46. The van der Waals surface area contributed by atoms with Crippen molar-refractivity contribution in [1.82, 2.24) is 0 Å². The highest BCUT2D eigenvalue weighted by molar-refractivity contribution is 7.90. The molecule has 0 saturated carbocycles. The Hall–Kier alpha value is -0.620. The van der Waals surface area contributed by atoms with Crippen LogP contribution in [0.25, 0.3) is 0 Å². The van der Waals surface area contributed by atoms with E-state index in [9.17, 15) is 8.42 Å². The molecule has 84 valence electrons. The van der Waals surface area contributed by atoms with Crippen LogP contribution in [-0.2, 0) is 21.1 Å². The van der Waals surface area contributed by atoms with Crippen molar-refractivity contribution in [2.45, 2.75) is 11.3 Å². The third-order valence-electron chi connectivity index (χ3n) is 1.90. The van der Waals surface area contributed by atoms with Gasteiger partial charge < -0.3 is 4.84 Å². The van der Waals surface area contributed by atoms with Crippen LogP contribution in [0.5, 0.6) is 0 Å². The molecule has 0 unspecified atom stereocenters. The topological polar surface area (TPSA) is 69.4 Å². The second-order valence-corrected chi connectivity index (χ2v) is 5.55. The average molecular weight is 250 g/mol. The van der Waals surface area contributed by atoms with Crippen molar-refractivity contribution >= 4 is 21.4 Å². The third-order valence-corrected chi connectivity index (χ3v) is 3.48. The molecule has 0 heterocycles. The van der Waals surface area contributed by atoms with Crippen LogP contribution in [0.15, 0.2) is 23.1 Å². The molecule has 0 aliphatic heterocycles. The first-order chi connectivity index (χ1) is 6.95. The fourth-order valence-corrected chi connectivity index (χ4v) is 2.53. The zero-order valence-corrected chi connectivity index (χ0v) is 9.81. The van der Waals surface area contributed by atoms with Gasteiger partial charge in [0.05, 0.1) is 16.5 Å². The number of hydrogen-bond donors (Lipinski definition) is 1. The van der Waals surface area contributed by atoms with Gasteiger partial charge >= 0.3 is 0 Å². The second kappa shape index (κ2) is 4.94. The normalized spacial score (nSPS) is 11.7. The van der Waals surface area contributed by atoms with Crippen molar-refractivity contribution in [3.05, 3.63) is 28.8 Å². The molecule has 6 heteroatoms. The van der Waals surface area contributed by atoms with Gasteiger partial charge in [0.25, 0.3) is 0 Å². The van der Waals surface area contributed by atoms with E-state index in [0.29, 0.717) is 13.0 Å². The lowest BCUT2D eigenvalue weighted by atomic mass is 10.2. The number of sulfone groups is 1. The van der Waals surface area contributed by atoms with Crippen LogP contribution in [0.3, 0.4) is 0 Å². The molecule has 1 aromatic rings. The summed E-state index contributed by atoms with van der Waals surface area (Å²) in [4.78, 5) is 4.56. The highest BCUT2D eigenvalue weighted by Crippen LogP contribution is 2.22. The molecule has 0 atom stereocenters. The molecule has 2 N–H and O–H groups in total. The summed E-state index contributed by atoms with van der Waals surface area (Å²) in [7, 11) is -3.26. The monoisotopic (exact) mass is 249 g/mol. The van der Waals surface area contributed by atoms with E-state index in [0.717, 1.165) is 11.8 Å². The summed E-state index contributed by atoms with van der Waals surface area (Å²) in [6, 6.07) is 4.79. The van der Waals surface area contributed by atoms with Crippen LogP contribution in [0.1, 0.15) is 5.56 Å². The predicted molar refractivity (Wildman–Crippen MR) is 58.4 cm³/mol. The summed E-state index contributed by atoms with van der Waals surface area (Å²) in [5, 5.41) is 0.229. The van der Waals surface area contributed by atoms with E-state index in [2.05, 4.69) is 4.84 Å². The lowest BCUT2D eigenvalue weighted by molar-refractivity contribution is 0.141. The Morgan fingerprint density at radius 1 is 1.47 bits per heavy atom. The lowest BCUT2D eigenvalue weighted by Crippen LogP contribution is -2.04. The van der Waals surface area contributed by atoms with Crippen LogP contribution in [-0.4, -0.2) is 21.3 Å². The van der Waals surface area contributed by atoms with E-state index >= 15 is 0 Å². The highest BCUT2D eigenvalue weighted by Gasteiger charge is 2.11. The van der Waals surface area contributed by atoms with Crippen molar-refractivity contribution in [3.8, 4) is 0 Å². The number of rotatable bonds is 4. The Labute approximate surface area is 93.9 Å². The predicted octanol–water partition coefficient (Wildman–Crippen LogP) is 1.18. The lowest BCUT2D eigenvalue weighted by Gasteiger charge is -2.04. The summed E-state index contributed by atoms with van der Waals surface area (Å²) in [5.74, 6) is 4.88. The number of nitrogens with two attached hydrogens (primary N) is 1. The van der Waals surface area contributed by atoms with E-state index in [4.69, 9.17) is 17.5 Å². The molecule has 0 aliphatic carbocycles. The smallest absolute Gasteiger partial charge is 0.176 e. The largest absolute Gasteiger partial charge is 0.304 e. The van der Waals surface area contributed by atoms with E-state index in [1.54, 1.807) is 12.1 Å². The van der Waals surface area contributed by atoms with Gasteiger partial charge in [-0.15, -0.1) is 0 Å². The minimum atomic E-state index is -3.26. The van der Waals surface area contributed by atoms with Crippen LogP contribution in [0, 0.1) is 0 Å². The Morgan fingerprint density at radius 2 is 2.13 bits per heavy atom. The van der Waals surface area contributed by atoms with Gasteiger partial charge in [0.2, 0.25) is 0 Å². The minimum absolute atomic E-state index is 0.140. The van der Waals surface area contributed by atoms with Gasteiger partial charge in [-0.3, -0.25) is 0 Å². The molecule has 0 bridgehead atoms. The molecule has 0 amide bonds. The fourth-order valence-electron chi connectivity index (χ4n) is 1.18. The zero-order chi connectivity index (χ0) is 11.5. The van der Waals surface area contributed by atoms with Crippen LogP contribution < -0.4 is 5.90 Å². The van der Waals surface area contributed by atoms with Crippen molar-refractivity contribution in [2.24, 2.45) is 5.90 Å². The van der Waals surface area contributed by atoms with E-state index < -0.39 is 9.84 Å². The summed E-state index contributed by atoms with van der Waals surface area (Å²) < 4.78 is 22.5. The quantitative estimate of drug-likeness (QED) is 0.814. The minimum Gasteiger partial charge on any atom is -0.304 e. The fraction of sp³-hybridized carbons (Fsp3) is 0.333. The van der Waals surface area contributed by atoms with Gasteiger partial charge in [-0.25, -0.2) is 14.3 Å². The van der Waals surface area contributed by atoms with Gasteiger partial charge in [0.15, 0.2) is 9.84 Å². The standard InChI is InChI=1S/C9H12ClNO3S/c1-15(12,13)9-3-2-7(4-5-14-11)6-8(9)10/h2-3,6H,4-5,11H2,1H3. The van der Waals surface area contributed by atoms with Gasteiger partial charge in [-0.05, 0) is 24.1 Å². The Kier molecular flexibility index (Phi) is 4.10.